The smallest absolute Gasteiger partial charge is 0.228 e. The Kier molecular flexibility index (Phi) is 4.68. The fourth-order valence-electron chi connectivity index (χ4n) is 1.85. The van der Waals surface area contributed by atoms with Crippen LogP contribution in [0.25, 0.3) is 0 Å². The van der Waals surface area contributed by atoms with Gasteiger partial charge in [0.15, 0.2) is 0 Å². The van der Waals surface area contributed by atoms with E-state index in [1.54, 1.807) is 11.3 Å². The highest BCUT2D eigenvalue weighted by Crippen LogP contribution is 2.13. The van der Waals surface area contributed by atoms with Gasteiger partial charge in [-0.15, -0.1) is 11.3 Å². The van der Waals surface area contributed by atoms with Crippen molar-refractivity contribution in [3.8, 4) is 0 Å². The standard InChI is InChI=1S/C12H19N3O2S/c1-14(2)8-11-13-10(9-18-11)7-12(16)15-3-5-17-6-4-15/h9H,3-8H2,1-2H3. The van der Waals surface area contributed by atoms with Gasteiger partial charge in [-0.05, 0) is 14.1 Å². The molecule has 1 aliphatic heterocycles. The van der Waals surface area contributed by atoms with E-state index in [2.05, 4.69) is 9.88 Å². The van der Waals surface area contributed by atoms with E-state index in [4.69, 9.17) is 4.74 Å². The van der Waals surface area contributed by atoms with Crippen LogP contribution >= 0.6 is 11.3 Å². The van der Waals surface area contributed by atoms with Gasteiger partial charge in [-0.2, -0.15) is 0 Å². The molecule has 0 aromatic carbocycles. The molecule has 0 aliphatic carbocycles. The van der Waals surface area contributed by atoms with Crippen LogP contribution < -0.4 is 0 Å². The topological polar surface area (TPSA) is 45.7 Å². The molecule has 0 unspecified atom stereocenters. The quantitative estimate of drug-likeness (QED) is 0.803. The number of hydrogen-bond donors (Lipinski definition) is 0. The normalized spacial score (nSPS) is 16.3. The number of carbonyl (C=O) groups is 1. The third kappa shape index (κ3) is 3.76. The molecule has 1 aromatic rings. The van der Waals surface area contributed by atoms with E-state index in [1.165, 1.54) is 0 Å². The minimum atomic E-state index is 0.153. The Bertz CT molecular complexity index is 400. The van der Waals surface area contributed by atoms with Crippen LogP contribution in [0, 0.1) is 0 Å². The molecule has 0 atom stereocenters. The number of hydrogen-bond acceptors (Lipinski definition) is 5. The van der Waals surface area contributed by atoms with Gasteiger partial charge in [-0.25, -0.2) is 4.98 Å². The van der Waals surface area contributed by atoms with Gasteiger partial charge in [0.2, 0.25) is 5.91 Å². The summed E-state index contributed by atoms with van der Waals surface area (Å²) in [5, 5.41) is 3.04. The average molecular weight is 269 g/mol. The van der Waals surface area contributed by atoms with Crippen molar-refractivity contribution in [1.29, 1.82) is 0 Å². The number of carbonyl (C=O) groups excluding carboxylic acids is 1. The van der Waals surface area contributed by atoms with E-state index < -0.39 is 0 Å². The molecule has 0 saturated carbocycles. The summed E-state index contributed by atoms with van der Waals surface area (Å²) in [5.74, 6) is 0.153. The van der Waals surface area contributed by atoms with Crippen molar-refractivity contribution in [2.24, 2.45) is 0 Å². The van der Waals surface area contributed by atoms with Crippen molar-refractivity contribution in [3.05, 3.63) is 16.1 Å². The van der Waals surface area contributed by atoms with E-state index in [1.807, 2.05) is 24.4 Å². The second-order valence-corrected chi connectivity index (χ2v) is 5.58. The highest BCUT2D eigenvalue weighted by molar-refractivity contribution is 7.09. The summed E-state index contributed by atoms with van der Waals surface area (Å²) in [4.78, 5) is 20.4. The lowest BCUT2D eigenvalue weighted by Gasteiger charge is -2.26. The Morgan fingerprint density at radius 1 is 1.50 bits per heavy atom. The monoisotopic (exact) mass is 269 g/mol. The van der Waals surface area contributed by atoms with Crippen LogP contribution in [0.2, 0.25) is 0 Å². The Morgan fingerprint density at radius 3 is 2.89 bits per heavy atom. The fourth-order valence-corrected chi connectivity index (χ4v) is 2.76. The summed E-state index contributed by atoms with van der Waals surface area (Å²) in [6.45, 7) is 3.53. The first-order chi connectivity index (χ1) is 8.65. The second kappa shape index (κ2) is 6.26. The van der Waals surface area contributed by atoms with Gasteiger partial charge in [-0.3, -0.25) is 4.79 Å². The highest BCUT2D eigenvalue weighted by Gasteiger charge is 2.18. The summed E-state index contributed by atoms with van der Waals surface area (Å²) < 4.78 is 5.23. The Labute approximate surface area is 111 Å². The van der Waals surface area contributed by atoms with Crippen molar-refractivity contribution in [3.63, 3.8) is 0 Å². The molecule has 1 amide bonds. The Balaban J connectivity index is 1.88. The number of thiazole rings is 1. The van der Waals surface area contributed by atoms with Gasteiger partial charge in [0, 0.05) is 25.0 Å². The molecule has 0 N–H and O–H groups in total. The number of ether oxygens (including phenoxy) is 1. The Morgan fingerprint density at radius 2 is 2.22 bits per heavy atom. The van der Waals surface area contributed by atoms with E-state index >= 15 is 0 Å². The van der Waals surface area contributed by atoms with Crippen molar-refractivity contribution >= 4 is 17.2 Å². The summed E-state index contributed by atoms with van der Waals surface area (Å²) in [6, 6.07) is 0. The van der Waals surface area contributed by atoms with E-state index in [0.717, 1.165) is 17.2 Å². The third-order valence-electron chi connectivity index (χ3n) is 2.75. The largest absolute Gasteiger partial charge is 0.378 e. The number of aromatic nitrogens is 1. The minimum Gasteiger partial charge on any atom is -0.378 e. The van der Waals surface area contributed by atoms with E-state index in [-0.39, 0.29) is 5.91 Å². The molecule has 2 rings (SSSR count). The van der Waals surface area contributed by atoms with Gasteiger partial charge < -0.3 is 14.5 Å². The molecule has 100 valence electrons. The van der Waals surface area contributed by atoms with Crippen LogP contribution in [-0.2, 0) is 22.5 Å². The average Bonchev–Trinajstić information content (AvgIpc) is 2.76. The van der Waals surface area contributed by atoms with Crippen LogP contribution in [0.1, 0.15) is 10.7 Å². The van der Waals surface area contributed by atoms with Gasteiger partial charge in [0.25, 0.3) is 0 Å². The van der Waals surface area contributed by atoms with E-state index in [0.29, 0.717) is 32.7 Å². The summed E-state index contributed by atoms with van der Waals surface area (Å²) in [6.07, 6.45) is 0.407. The first-order valence-electron chi connectivity index (χ1n) is 6.08. The molecule has 0 bridgehead atoms. The number of rotatable bonds is 4. The summed E-state index contributed by atoms with van der Waals surface area (Å²) in [7, 11) is 4.03. The van der Waals surface area contributed by atoms with Crippen molar-refractivity contribution in [2.75, 3.05) is 40.4 Å². The van der Waals surface area contributed by atoms with Crippen LogP contribution in [0.5, 0.6) is 0 Å². The molecule has 6 heteroatoms. The molecule has 18 heavy (non-hydrogen) atoms. The van der Waals surface area contributed by atoms with Crippen molar-refractivity contribution in [2.45, 2.75) is 13.0 Å². The van der Waals surface area contributed by atoms with Gasteiger partial charge in [0.1, 0.15) is 5.01 Å². The minimum absolute atomic E-state index is 0.153. The van der Waals surface area contributed by atoms with Gasteiger partial charge in [0.05, 0.1) is 25.3 Å². The maximum absolute atomic E-state index is 12.0. The first kappa shape index (κ1) is 13.5. The number of amides is 1. The number of nitrogens with zero attached hydrogens (tertiary/aromatic N) is 3. The lowest BCUT2D eigenvalue weighted by Crippen LogP contribution is -2.41. The van der Waals surface area contributed by atoms with Crippen molar-refractivity contribution in [1.82, 2.24) is 14.8 Å². The lowest BCUT2D eigenvalue weighted by atomic mass is 10.3. The van der Waals surface area contributed by atoms with Crippen LogP contribution in [0.4, 0.5) is 0 Å². The Hall–Kier alpha value is -0.980. The molecule has 1 aliphatic rings. The summed E-state index contributed by atoms with van der Waals surface area (Å²) in [5.41, 5.74) is 0.883. The molecule has 1 aromatic heterocycles. The van der Waals surface area contributed by atoms with Crippen molar-refractivity contribution < 1.29 is 9.53 Å². The third-order valence-corrected chi connectivity index (χ3v) is 3.63. The fraction of sp³-hybridized carbons (Fsp3) is 0.667. The van der Waals surface area contributed by atoms with Gasteiger partial charge >= 0.3 is 0 Å². The zero-order valence-electron chi connectivity index (χ0n) is 10.9. The highest BCUT2D eigenvalue weighted by atomic mass is 32.1. The predicted molar refractivity (Wildman–Crippen MR) is 70.6 cm³/mol. The maximum Gasteiger partial charge on any atom is 0.228 e. The lowest BCUT2D eigenvalue weighted by molar-refractivity contribution is -0.134. The molecule has 1 saturated heterocycles. The van der Waals surface area contributed by atoms with Crippen LogP contribution in [0.15, 0.2) is 5.38 Å². The molecule has 1 fully saturated rings. The number of morpholine rings is 1. The zero-order chi connectivity index (χ0) is 13.0. The first-order valence-corrected chi connectivity index (χ1v) is 6.96. The molecule has 0 spiro atoms. The van der Waals surface area contributed by atoms with E-state index in [9.17, 15) is 4.79 Å². The molecular formula is C12H19N3O2S. The molecular weight excluding hydrogens is 250 g/mol. The predicted octanol–water partition coefficient (Wildman–Crippen LogP) is 0.606. The SMILES string of the molecule is CN(C)Cc1nc(CC(=O)N2CCOCC2)cs1. The second-order valence-electron chi connectivity index (χ2n) is 4.64. The zero-order valence-corrected chi connectivity index (χ0v) is 11.7. The van der Waals surface area contributed by atoms with Gasteiger partial charge in [-0.1, -0.05) is 0 Å². The molecule has 2 heterocycles. The summed E-state index contributed by atoms with van der Waals surface area (Å²) >= 11 is 1.62. The maximum atomic E-state index is 12.0. The molecule has 0 radical (unpaired) electrons. The molecule has 5 nitrogen and oxygen atoms in total. The van der Waals surface area contributed by atoms with Crippen LogP contribution in [-0.4, -0.2) is 61.1 Å². The van der Waals surface area contributed by atoms with Crippen LogP contribution in [0.3, 0.4) is 0 Å².